The number of aromatic nitrogens is 1. The molecule has 0 fully saturated rings. The van der Waals surface area contributed by atoms with E-state index in [2.05, 4.69) is 46.3 Å². The molecule has 0 radical (unpaired) electrons. The van der Waals surface area contributed by atoms with Crippen molar-refractivity contribution >= 4 is 33.5 Å². The molecule has 0 aliphatic carbocycles. The van der Waals surface area contributed by atoms with E-state index in [0.717, 1.165) is 19.4 Å². The molecule has 1 N–H and O–H groups in total. The summed E-state index contributed by atoms with van der Waals surface area (Å²) in [6.45, 7) is 5.05. The molecule has 0 saturated heterocycles. The second kappa shape index (κ2) is 6.59. The lowest BCUT2D eigenvalue weighted by molar-refractivity contribution is 0.567. The van der Waals surface area contributed by atoms with E-state index < -0.39 is 0 Å². The molecule has 1 rings (SSSR count). The predicted octanol–water partition coefficient (Wildman–Crippen LogP) is 4.32. The summed E-state index contributed by atoms with van der Waals surface area (Å²) < 4.78 is 14.4. The summed E-state index contributed by atoms with van der Waals surface area (Å²) >= 11 is 5.02. The van der Waals surface area contributed by atoms with Crippen LogP contribution in [0.3, 0.4) is 0 Å². The molecule has 1 aromatic rings. The van der Waals surface area contributed by atoms with Gasteiger partial charge in [-0.1, -0.05) is 13.8 Å². The van der Waals surface area contributed by atoms with Crippen LogP contribution in [0.15, 0.2) is 16.7 Å². The average Bonchev–Trinajstić information content (AvgIpc) is 2.33. The molecular formula is C12H18BrFN2S. The van der Waals surface area contributed by atoms with Gasteiger partial charge in [-0.05, 0) is 41.1 Å². The van der Waals surface area contributed by atoms with Gasteiger partial charge in [-0.25, -0.2) is 9.37 Å². The maximum absolute atomic E-state index is 13.6. The van der Waals surface area contributed by atoms with E-state index in [1.54, 1.807) is 6.20 Å². The first-order valence-electron chi connectivity index (χ1n) is 5.67. The second-order valence-corrected chi connectivity index (χ2v) is 6.12. The van der Waals surface area contributed by atoms with E-state index in [0.29, 0.717) is 10.3 Å². The van der Waals surface area contributed by atoms with Crippen molar-refractivity contribution in [2.45, 2.75) is 31.4 Å². The van der Waals surface area contributed by atoms with Crippen molar-refractivity contribution in [1.82, 2.24) is 4.98 Å². The summed E-state index contributed by atoms with van der Waals surface area (Å²) in [5.74, 6) is 0.00936. The highest BCUT2D eigenvalue weighted by Crippen LogP contribution is 2.30. The lowest BCUT2D eigenvalue weighted by Crippen LogP contribution is -2.32. The zero-order valence-electron chi connectivity index (χ0n) is 10.4. The molecule has 0 saturated carbocycles. The first-order valence-corrected chi connectivity index (χ1v) is 7.68. The van der Waals surface area contributed by atoms with E-state index >= 15 is 0 Å². The highest BCUT2D eigenvalue weighted by atomic mass is 79.9. The third-order valence-electron chi connectivity index (χ3n) is 3.11. The summed E-state index contributed by atoms with van der Waals surface area (Å²) in [5.41, 5.74) is 0. The number of hydrogen-bond acceptors (Lipinski definition) is 3. The molecule has 0 aromatic carbocycles. The molecular weight excluding hydrogens is 303 g/mol. The molecule has 2 nitrogen and oxygen atoms in total. The van der Waals surface area contributed by atoms with E-state index in [9.17, 15) is 4.39 Å². The van der Waals surface area contributed by atoms with Crippen LogP contribution in [-0.2, 0) is 0 Å². The Hall–Kier alpha value is -0.290. The van der Waals surface area contributed by atoms with Crippen LogP contribution in [-0.4, -0.2) is 22.5 Å². The highest BCUT2D eigenvalue weighted by Gasteiger charge is 2.25. The Labute approximate surface area is 115 Å². The van der Waals surface area contributed by atoms with Gasteiger partial charge >= 0.3 is 0 Å². The van der Waals surface area contributed by atoms with Crippen LogP contribution >= 0.6 is 27.7 Å². The molecule has 1 heterocycles. The fraction of sp³-hybridized carbons (Fsp3) is 0.583. The van der Waals surface area contributed by atoms with Crippen molar-refractivity contribution in [2.75, 3.05) is 18.1 Å². The molecule has 0 bridgehead atoms. The summed E-state index contributed by atoms with van der Waals surface area (Å²) in [6, 6.07) is 1.42. The van der Waals surface area contributed by atoms with Crippen LogP contribution in [0.1, 0.15) is 26.7 Å². The minimum absolute atomic E-state index is 0.154. The van der Waals surface area contributed by atoms with Gasteiger partial charge in [0.05, 0.1) is 0 Å². The minimum Gasteiger partial charge on any atom is -0.366 e. The Kier molecular flexibility index (Phi) is 5.73. The molecule has 0 aliphatic rings. The van der Waals surface area contributed by atoms with Crippen molar-refractivity contribution in [3.8, 4) is 0 Å². The van der Waals surface area contributed by atoms with Crippen LogP contribution in [0.2, 0.25) is 0 Å². The lowest BCUT2D eigenvalue weighted by atomic mass is 10.0. The highest BCUT2D eigenvalue weighted by molar-refractivity contribution is 9.10. The largest absolute Gasteiger partial charge is 0.366 e. The van der Waals surface area contributed by atoms with Crippen LogP contribution in [0.4, 0.5) is 10.2 Å². The van der Waals surface area contributed by atoms with Gasteiger partial charge in [0.2, 0.25) is 0 Å². The molecule has 0 spiro atoms. The molecule has 0 amide bonds. The maximum atomic E-state index is 13.6. The van der Waals surface area contributed by atoms with Gasteiger partial charge in [-0.3, -0.25) is 0 Å². The average molecular weight is 321 g/mol. The van der Waals surface area contributed by atoms with E-state index in [4.69, 9.17) is 0 Å². The van der Waals surface area contributed by atoms with Crippen molar-refractivity contribution in [3.63, 3.8) is 0 Å². The number of hydrogen-bond donors (Lipinski definition) is 1. The Morgan fingerprint density at radius 3 is 2.59 bits per heavy atom. The van der Waals surface area contributed by atoms with Crippen LogP contribution in [0.25, 0.3) is 0 Å². The Balaban J connectivity index is 2.72. The third-order valence-corrected chi connectivity index (χ3v) is 5.13. The molecule has 5 heteroatoms. The van der Waals surface area contributed by atoms with E-state index in [1.165, 1.54) is 6.07 Å². The zero-order valence-corrected chi connectivity index (χ0v) is 12.8. The number of pyridine rings is 1. The van der Waals surface area contributed by atoms with Crippen molar-refractivity contribution in [1.29, 1.82) is 0 Å². The van der Waals surface area contributed by atoms with Gasteiger partial charge in [-0.15, -0.1) is 0 Å². The zero-order chi connectivity index (χ0) is 12.9. The Morgan fingerprint density at radius 2 is 2.12 bits per heavy atom. The molecule has 0 atom stereocenters. The quantitative estimate of drug-likeness (QED) is 0.845. The van der Waals surface area contributed by atoms with Crippen LogP contribution in [0.5, 0.6) is 0 Å². The number of thioether (sulfide) groups is 1. The second-order valence-electron chi connectivity index (χ2n) is 3.93. The fourth-order valence-corrected chi connectivity index (χ4v) is 2.75. The third kappa shape index (κ3) is 3.85. The summed E-state index contributed by atoms with van der Waals surface area (Å²) in [4.78, 5) is 4.04. The van der Waals surface area contributed by atoms with Crippen LogP contribution < -0.4 is 5.32 Å². The number of nitrogens with zero attached hydrogens (tertiary/aromatic N) is 1. The fourth-order valence-electron chi connectivity index (χ4n) is 1.65. The molecule has 0 unspecified atom stereocenters. The summed E-state index contributed by atoms with van der Waals surface area (Å²) in [7, 11) is 0. The van der Waals surface area contributed by atoms with Gasteiger partial charge in [0, 0.05) is 22.0 Å². The maximum Gasteiger partial charge on any atom is 0.166 e. The van der Waals surface area contributed by atoms with E-state index in [1.807, 2.05) is 11.8 Å². The molecule has 17 heavy (non-hydrogen) atoms. The number of rotatable bonds is 6. The van der Waals surface area contributed by atoms with Gasteiger partial charge in [0.25, 0.3) is 0 Å². The Morgan fingerprint density at radius 1 is 1.47 bits per heavy atom. The molecule has 96 valence electrons. The summed E-state index contributed by atoms with van der Waals surface area (Å²) in [5, 5.41) is 3.11. The molecule has 1 aromatic heterocycles. The topological polar surface area (TPSA) is 24.9 Å². The standard InChI is InChI=1S/C12H18BrFN2S/c1-4-12(5-2,17-3)8-16-11-10(14)6-9(13)7-15-11/h6-7H,4-5,8H2,1-3H3,(H,15,16). The molecule has 0 aliphatic heterocycles. The smallest absolute Gasteiger partial charge is 0.166 e. The van der Waals surface area contributed by atoms with E-state index in [-0.39, 0.29) is 10.6 Å². The monoisotopic (exact) mass is 320 g/mol. The predicted molar refractivity (Wildman–Crippen MR) is 77.2 cm³/mol. The summed E-state index contributed by atoms with van der Waals surface area (Å²) in [6.07, 6.45) is 5.80. The van der Waals surface area contributed by atoms with Crippen LogP contribution in [0, 0.1) is 5.82 Å². The normalized spacial score (nSPS) is 11.6. The van der Waals surface area contributed by atoms with Gasteiger partial charge in [-0.2, -0.15) is 11.8 Å². The van der Waals surface area contributed by atoms with Crippen molar-refractivity contribution in [2.24, 2.45) is 0 Å². The number of halogens is 2. The first kappa shape index (κ1) is 14.8. The van der Waals surface area contributed by atoms with Crippen molar-refractivity contribution in [3.05, 3.63) is 22.6 Å². The van der Waals surface area contributed by atoms with Gasteiger partial charge in [0.1, 0.15) is 0 Å². The first-order chi connectivity index (χ1) is 8.06. The Bertz CT molecular complexity index is 361. The number of nitrogens with one attached hydrogen (secondary N) is 1. The minimum atomic E-state index is -0.318. The van der Waals surface area contributed by atoms with Crippen molar-refractivity contribution < 1.29 is 4.39 Å². The SMILES string of the molecule is CCC(CC)(CNc1ncc(Br)cc1F)SC. The van der Waals surface area contributed by atoms with Gasteiger partial charge < -0.3 is 5.32 Å². The lowest BCUT2D eigenvalue weighted by Gasteiger charge is -2.30. The number of anilines is 1. The van der Waals surface area contributed by atoms with Gasteiger partial charge in [0.15, 0.2) is 11.6 Å².